The lowest BCUT2D eigenvalue weighted by atomic mass is 10.1. The van der Waals surface area contributed by atoms with Crippen molar-refractivity contribution in [1.82, 2.24) is 14.8 Å². The Morgan fingerprint density at radius 1 is 1.35 bits per heavy atom. The van der Waals surface area contributed by atoms with Crippen molar-refractivity contribution in [2.75, 3.05) is 11.9 Å². The zero-order valence-electron chi connectivity index (χ0n) is 9.52. The molecule has 0 saturated carbocycles. The Kier molecular flexibility index (Phi) is 2.31. The van der Waals surface area contributed by atoms with Crippen molar-refractivity contribution < 1.29 is 4.39 Å². The summed E-state index contributed by atoms with van der Waals surface area (Å²) >= 11 is 0. The summed E-state index contributed by atoms with van der Waals surface area (Å²) in [5.74, 6) is 1.54. The third-order valence-corrected chi connectivity index (χ3v) is 2.97. The molecule has 3 rings (SSSR count). The number of nitrogens with zero attached hydrogens (tertiary/aromatic N) is 3. The highest BCUT2D eigenvalue weighted by atomic mass is 19.1. The monoisotopic (exact) mass is 232 g/mol. The molecule has 1 atom stereocenters. The highest BCUT2D eigenvalue weighted by Gasteiger charge is 2.21. The minimum atomic E-state index is -0.263. The lowest BCUT2D eigenvalue weighted by molar-refractivity contribution is 0.479. The largest absolute Gasteiger partial charge is 0.354 e. The van der Waals surface area contributed by atoms with E-state index >= 15 is 0 Å². The van der Waals surface area contributed by atoms with Gasteiger partial charge in [-0.15, -0.1) is 10.2 Å². The summed E-state index contributed by atoms with van der Waals surface area (Å²) in [5, 5.41) is 11.3. The number of nitrogens with one attached hydrogen (secondary N) is 1. The molecule has 1 unspecified atom stereocenters. The first-order valence-electron chi connectivity index (χ1n) is 5.67. The molecule has 0 saturated heterocycles. The molecule has 1 aliphatic rings. The number of halogens is 1. The van der Waals surface area contributed by atoms with Gasteiger partial charge in [0.15, 0.2) is 5.82 Å². The SMILES string of the molecule is CC1CNc2nnc(-c3ccccc3F)n2C1. The van der Waals surface area contributed by atoms with Crippen LogP contribution in [0.2, 0.25) is 0 Å². The summed E-state index contributed by atoms with van der Waals surface area (Å²) in [6, 6.07) is 6.65. The van der Waals surface area contributed by atoms with Crippen LogP contribution >= 0.6 is 0 Å². The van der Waals surface area contributed by atoms with Crippen molar-refractivity contribution in [2.45, 2.75) is 13.5 Å². The van der Waals surface area contributed by atoms with Gasteiger partial charge in [0, 0.05) is 13.1 Å². The summed E-state index contributed by atoms with van der Waals surface area (Å²) < 4.78 is 15.7. The van der Waals surface area contributed by atoms with Gasteiger partial charge in [-0.05, 0) is 18.1 Å². The van der Waals surface area contributed by atoms with E-state index in [1.54, 1.807) is 18.2 Å². The minimum Gasteiger partial charge on any atom is -0.354 e. The van der Waals surface area contributed by atoms with E-state index in [9.17, 15) is 4.39 Å². The van der Waals surface area contributed by atoms with Crippen molar-refractivity contribution in [3.63, 3.8) is 0 Å². The lowest BCUT2D eigenvalue weighted by Gasteiger charge is -2.22. The summed E-state index contributed by atoms with van der Waals surface area (Å²) in [6.07, 6.45) is 0. The normalized spacial score (nSPS) is 18.6. The van der Waals surface area contributed by atoms with Crippen LogP contribution in [0, 0.1) is 11.7 Å². The molecule has 0 bridgehead atoms. The van der Waals surface area contributed by atoms with Crippen LogP contribution in [-0.2, 0) is 6.54 Å². The second-order valence-electron chi connectivity index (χ2n) is 4.42. The third-order valence-electron chi connectivity index (χ3n) is 2.97. The van der Waals surface area contributed by atoms with Gasteiger partial charge in [-0.2, -0.15) is 0 Å². The van der Waals surface area contributed by atoms with E-state index < -0.39 is 0 Å². The van der Waals surface area contributed by atoms with Crippen molar-refractivity contribution >= 4 is 5.95 Å². The topological polar surface area (TPSA) is 42.7 Å². The molecular weight excluding hydrogens is 219 g/mol. The van der Waals surface area contributed by atoms with Crippen LogP contribution in [-0.4, -0.2) is 21.3 Å². The van der Waals surface area contributed by atoms with E-state index in [0.717, 1.165) is 19.0 Å². The average Bonchev–Trinajstić information content (AvgIpc) is 2.72. The first-order chi connectivity index (χ1) is 8.25. The van der Waals surface area contributed by atoms with Gasteiger partial charge in [-0.1, -0.05) is 19.1 Å². The van der Waals surface area contributed by atoms with Gasteiger partial charge in [0.1, 0.15) is 5.82 Å². The predicted octanol–water partition coefficient (Wildman–Crippen LogP) is 2.15. The fourth-order valence-electron chi connectivity index (χ4n) is 2.09. The fraction of sp³-hybridized carbons (Fsp3) is 0.333. The van der Waals surface area contributed by atoms with Gasteiger partial charge in [-0.3, -0.25) is 4.57 Å². The van der Waals surface area contributed by atoms with Gasteiger partial charge >= 0.3 is 0 Å². The highest BCUT2D eigenvalue weighted by molar-refractivity contribution is 5.58. The summed E-state index contributed by atoms with van der Waals surface area (Å²) in [7, 11) is 0. The molecule has 1 aromatic heterocycles. The van der Waals surface area contributed by atoms with E-state index in [2.05, 4.69) is 22.4 Å². The average molecular weight is 232 g/mol. The van der Waals surface area contributed by atoms with Crippen LogP contribution < -0.4 is 5.32 Å². The van der Waals surface area contributed by atoms with Crippen LogP contribution in [0.3, 0.4) is 0 Å². The van der Waals surface area contributed by atoms with E-state index in [0.29, 0.717) is 17.3 Å². The second kappa shape index (κ2) is 3.84. The van der Waals surface area contributed by atoms with Gasteiger partial charge < -0.3 is 5.32 Å². The molecule has 88 valence electrons. The molecular formula is C12H13FN4. The zero-order valence-corrected chi connectivity index (χ0v) is 9.52. The smallest absolute Gasteiger partial charge is 0.224 e. The molecule has 2 aromatic rings. The maximum absolute atomic E-state index is 13.7. The fourth-order valence-corrected chi connectivity index (χ4v) is 2.09. The molecule has 1 aromatic carbocycles. The molecule has 1 aliphatic heterocycles. The Bertz CT molecular complexity index is 549. The number of aromatic nitrogens is 3. The zero-order chi connectivity index (χ0) is 11.8. The molecule has 4 nitrogen and oxygen atoms in total. The van der Waals surface area contributed by atoms with E-state index in [-0.39, 0.29) is 5.82 Å². The number of anilines is 1. The number of fused-ring (bicyclic) bond motifs is 1. The molecule has 2 heterocycles. The lowest BCUT2D eigenvalue weighted by Crippen LogP contribution is -2.25. The maximum atomic E-state index is 13.7. The van der Waals surface area contributed by atoms with E-state index in [1.807, 2.05) is 4.57 Å². The molecule has 1 N–H and O–H groups in total. The molecule has 0 fully saturated rings. The van der Waals surface area contributed by atoms with Crippen LogP contribution in [0.25, 0.3) is 11.4 Å². The van der Waals surface area contributed by atoms with Crippen molar-refractivity contribution in [3.05, 3.63) is 30.1 Å². The maximum Gasteiger partial charge on any atom is 0.224 e. The van der Waals surface area contributed by atoms with Crippen molar-refractivity contribution in [2.24, 2.45) is 5.92 Å². The van der Waals surface area contributed by atoms with Gasteiger partial charge in [-0.25, -0.2) is 4.39 Å². The summed E-state index contributed by atoms with van der Waals surface area (Å²) in [6.45, 7) is 3.84. The number of hydrogen-bond donors (Lipinski definition) is 1. The first-order valence-corrected chi connectivity index (χ1v) is 5.67. The Morgan fingerprint density at radius 2 is 2.18 bits per heavy atom. The molecule has 0 radical (unpaired) electrons. The van der Waals surface area contributed by atoms with E-state index in [4.69, 9.17) is 0 Å². The molecule has 0 aliphatic carbocycles. The first kappa shape index (κ1) is 10.3. The molecule has 17 heavy (non-hydrogen) atoms. The quantitative estimate of drug-likeness (QED) is 0.819. The minimum absolute atomic E-state index is 0.263. The van der Waals surface area contributed by atoms with Crippen LogP contribution in [0.5, 0.6) is 0 Å². The molecule has 5 heteroatoms. The van der Waals surface area contributed by atoms with Crippen LogP contribution in [0.4, 0.5) is 10.3 Å². The standard InChI is InChI=1S/C12H13FN4/c1-8-6-14-12-16-15-11(17(12)7-8)9-4-2-3-5-10(9)13/h2-5,8H,6-7H2,1H3,(H,14,16). The Morgan fingerprint density at radius 3 is 3.00 bits per heavy atom. The van der Waals surface area contributed by atoms with Crippen molar-refractivity contribution in [1.29, 1.82) is 0 Å². The summed E-state index contributed by atoms with van der Waals surface area (Å²) in [4.78, 5) is 0. The van der Waals surface area contributed by atoms with Gasteiger partial charge in [0.05, 0.1) is 5.56 Å². The van der Waals surface area contributed by atoms with Gasteiger partial charge in [0.25, 0.3) is 0 Å². The third kappa shape index (κ3) is 1.67. The number of hydrogen-bond acceptors (Lipinski definition) is 3. The van der Waals surface area contributed by atoms with Gasteiger partial charge in [0.2, 0.25) is 5.95 Å². The number of benzene rings is 1. The van der Waals surface area contributed by atoms with E-state index in [1.165, 1.54) is 6.07 Å². The van der Waals surface area contributed by atoms with Crippen molar-refractivity contribution in [3.8, 4) is 11.4 Å². The Hall–Kier alpha value is -1.91. The molecule has 0 spiro atoms. The predicted molar refractivity (Wildman–Crippen MR) is 63.1 cm³/mol. The highest BCUT2D eigenvalue weighted by Crippen LogP contribution is 2.26. The number of rotatable bonds is 1. The van der Waals surface area contributed by atoms with Crippen LogP contribution in [0.1, 0.15) is 6.92 Å². The Labute approximate surface area is 98.5 Å². The van der Waals surface area contributed by atoms with Crippen LogP contribution in [0.15, 0.2) is 24.3 Å². The Balaban J connectivity index is 2.11. The second-order valence-corrected chi connectivity index (χ2v) is 4.42. The summed E-state index contributed by atoms with van der Waals surface area (Å²) in [5.41, 5.74) is 0.502. The molecule has 0 amide bonds.